The number of nitrogen functional groups attached to an aromatic ring is 2. The quantitative estimate of drug-likeness (QED) is 0.297. The van der Waals surface area contributed by atoms with Crippen LogP contribution in [-0.2, 0) is 13.5 Å². The zero-order valence-electron chi connectivity index (χ0n) is 14.0. The summed E-state index contributed by atoms with van der Waals surface area (Å²) in [4.78, 5) is 0. The van der Waals surface area contributed by atoms with Crippen molar-refractivity contribution < 1.29 is 21.5 Å². The van der Waals surface area contributed by atoms with Gasteiger partial charge in [0, 0.05) is 22.8 Å². The van der Waals surface area contributed by atoms with Crippen molar-refractivity contribution in [1.29, 1.82) is 0 Å². The van der Waals surface area contributed by atoms with Gasteiger partial charge in [-0.1, -0.05) is 36.4 Å². The molecule has 3 nitrogen and oxygen atoms in total. The number of hydrogen-bond acceptors (Lipinski definition) is 2. The summed E-state index contributed by atoms with van der Waals surface area (Å²) < 4.78 is 2.24. The van der Waals surface area contributed by atoms with E-state index in [4.69, 9.17) is 11.5 Å². The Labute approximate surface area is 157 Å². The molecule has 25 heavy (non-hydrogen) atoms. The molecule has 0 spiro atoms. The van der Waals surface area contributed by atoms with Crippen LogP contribution in [0, 0.1) is 0 Å². The molecule has 0 aliphatic heterocycles. The van der Waals surface area contributed by atoms with E-state index in [-0.39, 0.29) is 17.0 Å². The lowest BCUT2D eigenvalue weighted by Gasteiger charge is -2.10. The Balaban J connectivity index is 0.00000182. The lowest BCUT2D eigenvalue weighted by Crippen LogP contribution is -3.00. The van der Waals surface area contributed by atoms with Crippen molar-refractivity contribution in [2.75, 3.05) is 11.5 Å². The molecule has 4 heteroatoms. The van der Waals surface area contributed by atoms with E-state index in [9.17, 15) is 0 Å². The van der Waals surface area contributed by atoms with Crippen LogP contribution in [0.2, 0.25) is 0 Å². The standard InChI is InChI=1S/C21H19N3.BrH/c1-24-20(11-14-5-3-2-4-6-14)19-12-15(22)7-9-17(19)18-10-8-16(23)13-21(18)24;/h2-10,12-13,23H,11,22H2,1H3;1H. The summed E-state index contributed by atoms with van der Waals surface area (Å²) >= 11 is 0. The molecule has 1 heterocycles. The first-order chi connectivity index (χ1) is 11.6. The van der Waals surface area contributed by atoms with Gasteiger partial charge in [-0.3, -0.25) is 0 Å². The minimum atomic E-state index is 0. The minimum absolute atomic E-state index is 0. The van der Waals surface area contributed by atoms with Crippen molar-refractivity contribution in [2.24, 2.45) is 7.05 Å². The minimum Gasteiger partial charge on any atom is -1.00 e. The third kappa shape index (κ3) is 3.05. The third-order valence-corrected chi connectivity index (χ3v) is 4.65. The number of aryl methyl sites for hydroxylation is 1. The molecule has 0 amide bonds. The Morgan fingerprint density at radius 2 is 1.40 bits per heavy atom. The molecule has 0 saturated carbocycles. The summed E-state index contributed by atoms with van der Waals surface area (Å²) in [6.07, 6.45) is 0.849. The first kappa shape index (κ1) is 17.2. The molecule has 4 N–H and O–H groups in total. The summed E-state index contributed by atoms with van der Waals surface area (Å²) in [6.45, 7) is 0. The Kier molecular flexibility index (Phi) is 4.64. The summed E-state index contributed by atoms with van der Waals surface area (Å²) in [5, 5.41) is 3.60. The van der Waals surface area contributed by atoms with E-state index in [1.165, 1.54) is 27.4 Å². The molecule has 0 bridgehead atoms. The molecule has 4 aromatic rings. The first-order valence-corrected chi connectivity index (χ1v) is 8.07. The van der Waals surface area contributed by atoms with Crippen molar-refractivity contribution in [3.63, 3.8) is 0 Å². The van der Waals surface area contributed by atoms with E-state index in [0.717, 1.165) is 23.3 Å². The largest absolute Gasteiger partial charge is 1.00 e. The number of fused-ring (bicyclic) bond motifs is 3. The zero-order valence-corrected chi connectivity index (χ0v) is 15.6. The fraction of sp³-hybridized carbons (Fsp3) is 0.0952. The van der Waals surface area contributed by atoms with Crippen LogP contribution in [0.3, 0.4) is 0 Å². The monoisotopic (exact) mass is 393 g/mol. The lowest BCUT2D eigenvalue weighted by molar-refractivity contribution is -0.650. The van der Waals surface area contributed by atoms with Crippen LogP contribution < -0.4 is 33.0 Å². The second kappa shape index (κ2) is 6.73. The number of rotatable bonds is 2. The van der Waals surface area contributed by atoms with Gasteiger partial charge >= 0.3 is 0 Å². The summed E-state index contributed by atoms with van der Waals surface area (Å²) in [7, 11) is 2.10. The molecular formula is C21H20BrN3. The topological polar surface area (TPSA) is 55.9 Å². The van der Waals surface area contributed by atoms with Gasteiger partial charge in [0.25, 0.3) is 0 Å². The van der Waals surface area contributed by atoms with Crippen molar-refractivity contribution in [3.05, 3.63) is 78.0 Å². The van der Waals surface area contributed by atoms with E-state index >= 15 is 0 Å². The van der Waals surface area contributed by atoms with Gasteiger partial charge in [0.15, 0.2) is 5.69 Å². The van der Waals surface area contributed by atoms with Gasteiger partial charge in [-0.2, -0.15) is 4.57 Å². The Hall–Kier alpha value is -2.59. The maximum absolute atomic E-state index is 6.08. The van der Waals surface area contributed by atoms with Crippen LogP contribution in [0.15, 0.2) is 66.7 Å². The molecule has 3 aromatic carbocycles. The second-order valence-electron chi connectivity index (χ2n) is 6.25. The Bertz CT molecular complexity index is 1060. The number of hydrogen-bond donors (Lipinski definition) is 2. The van der Waals surface area contributed by atoms with E-state index in [1.807, 2.05) is 24.3 Å². The first-order valence-electron chi connectivity index (χ1n) is 8.07. The van der Waals surface area contributed by atoms with Gasteiger partial charge in [0.05, 0.1) is 17.2 Å². The highest BCUT2D eigenvalue weighted by Gasteiger charge is 2.19. The average molecular weight is 394 g/mol. The Morgan fingerprint density at radius 3 is 2.12 bits per heavy atom. The number of nitrogens with zero attached hydrogens (tertiary/aromatic N) is 1. The van der Waals surface area contributed by atoms with Crippen molar-refractivity contribution in [3.8, 4) is 0 Å². The highest BCUT2D eigenvalue weighted by molar-refractivity contribution is 6.06. The van der Waals surface area contributed by atoms with Crippen molar-refractivity contribution >= 4 is 33.1 Å². The fourth-order valence-corrected chi connectivity index (χ4v) is 3.42. The maximum atomic E-state index is 6.08. The molecule has 0 atom stereocenters. The van der Waals surface area contributed by atoms with Gasteiger partial charge in [-0.25, -0.2) is 0 Å². The van der Waals surface area contributed by atoms with Crippen LogP contribution in [-0.4, -0.2) is 0 Å². The van der Waals surface area contributed by atoms with E-state index < -0.39 is 0 Å². The molecule has 0 aliphatic carbocycles. The van der Waals surface area contributed by atoms with Gasteiger partial charge in [0.2, 0.25) is 5.52 Å². The molecule has 0 radical (unpaired) electrons. The number of benzene rings is 3. The predicted molar refractivity (Wildman–Crippen MR) is 101 cm³/mol. The van der Waals surface area contributed by atoms with Gasteiger partial charge in [-0.15, -0.1) is 0 Å². The summed E-state index contributed by atoms with van der Waals surface area (Å²) in [6, 6.07) is 22.7. The lowest BCUT2D eigenvalue weighted by atomic mass is 9.98. The van der Waals surface area contributed by atoms with Gasteiger partial charge < -0.3 is 28.4 Å². The molecular weight excluding hydrogens is 374 g/mol. The SMILES string of the molecule is C[n+]1c(Cc2ccccc2)c2cc(N)ccc2c2ccc(N)cc21.[Br-]. The second-order valence-corrected chi connectivity index (χ2v) is 6.25. The number of aromatic nitrogens is 1. The molecule has 0 unspecified atom stereocenters. The van der Waals surface area contributed by atoms with Crippen LogP contribution in [0.4, 0.5) is 11.4 Å². The molecule has 4 rings (SSSR count). The molecule has 0 saturated heterocycles. The highest BCUT2D eigenvalue weighted by Crippen LogP contribution is 2.29. The van der Waals surface area contributed by atoms with Crippen LogP contribution in [0.25, 0.3) is 21.7 Å². The molecule has 0 aliphatic rings. The normalized spacial score (nSPS) is 10.8. The van der Waals surface area contributed by atoms with Crippen molar-refractivity contribution in [2.45, 2.75) is 6.42 Å². The van der Waals surface area contributed by atoms with Crippen molar-refractivity contribution in [1.82, 2.24) is 0 Å². The molecule has 1 aromatic heterocycles. The third-order valence-electron chi connectivity index (χ3n) is 4.65. The Morgan fingerprint density at radius 1 is 0.760 bits per heavy atom. The summed E-state index contributed by atoms with van der Waals surface area (Å²) in [5.41, 5.74) is 17.3. The van der Waals surface area contributed by atoms with E-state index in [2.05, 4.69) is 54.1 Å². The maximum Gasteiger partial charge on any atom is 0.215 e. The van der Waals surface area contributed by atoms with E-state index in [0.29, 0.717) is 0 Å². The van der Waals surface area contributed by atoms with Crippen LogP contribution in [0.1, 0.15) is 11.3 Å². The van der Waals surface area contributed by atoms with Crippen LogP contribution in [0.5, 0.6) is 0 Å². The van der Waals surface area contributed by atoms with Gasteiger partial charge in [-0.05, 0) is 29.8 Å². The number of anilines is 2. The molecule has 126 valence electrons. The average Bonchev–Trinajstić information content (AvgIpc) is 2.59. The number of nitrogens with two attached hydrogens (primary N) is 2. The highest BCUT2D eigenvalue weighted by atomic mass is 79.9. The predicted octanol–water partition coefficient (Wildman–Crippen LogP) is 0.577. The molecule has 0 fully saturated rings. The summed E-state index contributed by atoms with van der Waals surface area (Å²) in [5.74, 6) is 0. The van der Waals surface area contributed by atoms with Gasteiger partial charge in [0.1, 0.15) is 7.05 Å². The number of pyridine rings is 1. The van der Waals surface area contributed by atoms with Crippen LogP contribution >= 0.6 is 0 Å². The fourth-order valence-electron chi connectivity index (χ4n) is 3.42. The smallest absolute Gasteiger partial charge is 0.215 e. The number of halogens is 1. The zero-order chi connectivity index (χ0) is 16.7. The van der Waals surface area contributed by atoms with E-state index in [1.54, 1.807) is 0 Å².